The molecule has 2 aromatic carbocycles. The molecule has 0 aliphatic carbocycles. The Hall–Kier alpha value is -3.81. The van der Waals surface area contributed by atoms with Crippen molar-refractivity contribution in [2.75, 3.05) is 25.5 Å². The summed E-state index contributed by atoms with van der Waals surface area (Å²) in [6.45, 7) is 1.09. The van der Waals surface area contributed by atoms with Crippen LogP contribution in [0, 0.1) is 11.2 Å². The highest BCUT2D eigenvalue weighted by Gasteiger charge is 2.51. The van der Waals surface area contributed by atoms with Crippen molar-refractivity contribution >= 4 is 23.5 Å². The van der Waals surface area contributed by atoms with Crippen LogP contribution in [0.15, 0.2) is 67.0 Å². The maximum Gasteiger partial charge on any atom is 0.253 e. The zero-order chi connectivity index (χ0) is 24.4. The number of carbonyl (C=O) groups excluding carboxylic acids is 2. The van der Waals surface area contributed by atoms with Gasteiger partial charge >= 0.3 is 0 Å². The van der Waals surface area contributed by atoms with Crippen LogP contribution in [0.5, 0.6) is 0 Å². The maximum atomic E-state index is 13.3. The van der Waals surface area contributed by atoms with Crippen molar-refractivity contribution in [3.63, 3.8) is 0 Å². The van der Waals surface area contributed by atoms with Gasteiger partial charge in [-0.25, -0.2) is 14.4 Å². The van der Waals surface area contributed by atoms with Crippen molar-refractivity contribution in [1.29, 1.82) is 0 Å². The standard InChI is InChI=1S/C27H28FN5O2/c1-32-23(16-19-6-8-21(28)9-7-19)18-27(25(32)35)10-14-33(15-11-27)24(34)20-4-2-5-22(17-20)31-26-29-12-3-13-30-26/h2-9,12-13,17,23H,10-11,14-16,18H2,1H3,(H,29,30,31). The number of aromatic nitrogens is 2. The van der Waals surface area contributed by atoms with Gasteiger partial charge in [-0.15, -0.1) is 0 Å². The first-order chi connectivity index (χ1) is 16.9. The Morgan fingerprint density at radius 2 is 1.80 bits per heavy atom. The van der Waals surface area contributed by atoms with Gasteiger partial charge in [-0.3, -0.25) is 9.59 Å². The Morgan fingerprint density at radius 1 is 1.09 bits per heavy atom. The molecule has 2 saturated heterocycles. The van der Waals surface area contributed by atoms with Gasteiger partial charge in [0.1, 0.15) is 5.82 Å². The summed E-state index contributed by atoms with van der Waals surface area (Å²) >= 11 is 0. The smallest absolute Gasteiger partial charge is 0.253 e. The summed E-state index contributed by atoms with van der Waals surface area (Å²) in [4.78, 5) is 38.5. The molecule has 180 valence electrons. The van der Waals surface area contributed by atoms with E-state index in [0.717, 1.165) is 17.7 Å². The quantitative estimate of drug-likeness (QED) is 0.605. The van der Waals surface area contributed by atoms with Crippen LogP contribution in [-0.4, -0.2) is 57.8 Å². The van der Waals surface area contributed by atoms with Gasteiger partial charge in [0.25, 0.3) is 5.91 Å². The van der Waals surface area contributed by atoms with E-state index in [9.17, 15) is 14.0 Å². The van der Waals surface area contributed by atoms with Crippen molar-refractivity contribution in [3.05, 3.63) is 83.9 Å². The highest BCUT2D eigenvalue weighted by atomic mass is 19.1. The maximum absolute atomic E-state index is 13.3. The van der Waals surface area contributed by atoms with E-state index in [-0.39, 0.29) is 23.7 Å². The summed E-state index contributed by atoms with van der Waals surface area (Å²) < 4.78 is 13.3. The lowest BCUT2D eigenvalue weighted by molar-refractivity contribution is -0.137. The molecule has 3 heterocycles. The zero-order valence-corrected chi connectivity index (χ0v) is 19.7. The Balaban J connectivity index is 1.23. The molecular weight excluding hydrogens is 445 g/mol. The number of halogens is 1. The van der Waals surface area contributed by atoms with Crippen LogP contribution < -0.4 is 5.32 Å². The lowest BCUT2D eigenvalue weighted by Crippen LogP contribution is -2.46. The minimum Gasteiger partial charge on any atom is -0.342 e. The van der Waals surface area contributed by atoms with Gasteiger partial charge < -0.3 is 15.1 Å². The number of hydrogen-bond donors (Lipinski definition) is 1. The van der Waals surface area contributed by atoms with Crippen LogP contribution in [-0.2, 0) is 11.2 Å². The van der Waals surface area contributed by atoms with E-state index in [1.807, 2.05) is 29.0 Å². The lowest BCUT2D eigenvalue weighted by Gasteiger charge is -2.37. The topological polar surface area (TPSA) is 78.4 Å². The minimum atomic E-state index is -0.426. The Morgan fingerprint density at radius 3 is 2.51 bits per heavy atom. The molecule has 2 aliphatic heterocycles. The minimum absolute atomic E-state index is 0.0425. The van der Waals surface area contributed by atoms with Crippen molar-refractivity contribution in [3.8, 4) is 0 Å². The third kappa shape index (κ3) is 4.73. The normalized spacial score (nSPS) is 19.3. The van der Waals surface area contributed by atoms with Gasteiger partial charge in [0.05, 0.1) is 5.41 Å². The second-order valence-corrected chi connectivity index (χ2v) is 9.46. The van der Waals surface area contributed by atoms with Crippen molar-refractivity contribution in [1.82, 2.24) is 19.8 Å². The van der Waals surface area contributed by atoms with Crippen LogP contribution in [0.2, 0.25) is 0 Å². The van der Waals surface area contributed by atoms with E-state index in [4.69, 9.17) is 0 Å². The third-order valence-electron chi connectivity index (χ3n) is 7.27. The number of piperidine rings is 1. The molecule has 2 fully saturated rings. The molecule has 2 amide bonds. The van der Waals surface area contributed by atoms with Gasteiger partial charge in [0.15, 0.2) is 0 Å². The van der Waals surface area contributed by atoms with E-state index in [2.05, 4.69) is 15.3 Å². The number of likely N-dealkylation sites (tertiary alicyclic amines) is 2. The summed E-state index contributed by atoms with van der Waals surface area (Å²) in [5, 5.41) is 3.12. The molecule has 1 atom stereocenters. The van der Waals surface area contributed by atoms with E-state index < -0.39 is 5.41 Å². The van der Waals surface area contributed by atoms with E-state index in [1.54, 1.807) is 42.7 Å². The summed E-state index contributed by atoms with van der Waals surface area (Å²) in [5.74, 6) is 0.328. The average molecular weight is 474 g/mol. The van der Waals surface area contributed by atoms with Gasteiger partial charge in [-0.2, -0.15) is 0 Å². The van der Waals surface area contributed by atoms with Crippen LogP contribution in [0.3, 0.4) is 0 Å². The van der Waals surface area contributed by atoms with E-state index in [1.165, 1.54) is 12.1 Å². The summed E-state index contributed by atoms with van der Waals surface area (Å²) in [7, 11) is 1.86. The van der Waals surface area contributed by atoms with Crippen molar-refractivity contribution in [2.45, 2.75) is 31.7 Å². The third-order valence-corrected chi connectivity index (χ3v) is 7.27. The molecule has 2 aliphatic rings. The molecule has 8 heteroatoms. The predicted octanol–water partition coefficient (Wildman–Crippen LogP) is 4.06. The van der Waals surface area contributed by atoms with Crippen molar-refractivity contribution < 1.29 is 14.0 Å². The molecule has 5 rings (SSSR count). The van der Waals surface area contributed by atoms with Crippen LogP contribution >= 0.6 is 0 Å². The van der Waals surface area contributed by atoms with E-state index >= 15 is 0 Å². The second kappa shape index (κ2) is 9.44. The molecule has 0 saturated carbocycles. The average Bonchev–Trinajstić information content (AvgIpc) is 3.10. The molecule has 7 nitrogen and oxygen atoms in total. The Kier molecular flexibility index (Phi) is 6.19. The molecule has 1 unspecified atom stereocenters. The van der Waals surface area contributed by atoms with Gasteiger partial charge in [0.2, 0.25) is 11.9 Å². The molecule has 1 N–H and O–H groups in total. The predicted molar refractivity (Wildman–Crippen MR) is 131 cm³/mol. The lowest BCUT2D eigenvalue weighted by atomic mass is 9.75. The Bertz CT molecular complexity index is 1210. The highest BCUT2D eigenvalue weighted by Crippen LogP contribution is 2.45. The first-order valence-electron chi connectivity index (χ1n) is 11.9. The number of nitrogens with zero attached hydrogens (tertiary/aromatic N) is 4. The summed E-state index contributed by atoms with van der Waals surface area (Å²) in [6.07, 6.45) is 6.07. The largest absolute Gasteiger partial charge is 0.342 e. The number of amides is 2. The molecular formula is C27H28FN5O2. The summed E-state index contributed by atoms with van der Waals surface area (Å²) in [6, 6.07) is 15.6. The molecule has 3 aromatic rings. The van der Waals surface area contributed by atoms with E-state index in [0.29, 0.717) is 43.9 Å². The monoisotopic (exact) mass is 473 g/mol. The highest BCUT2D eigenvalue weighted by molar-refractivity contribution is 5.95. The number of benzene rings is 2. The van der Waals surface area contributed by atoms with Gasteiger partial charge in [0, 0.05) is 49.8 Å². The number of hydrogen-bond acceptors (Lipinski definition) is 5. The fourth-order valence-corrected chi connectivity index (χ4v) is 5.28. The number of anilines is 2. The number of likely N-dealkylation sites (N-methyl/N-ethyl adjacent to an activating group) is 1. The molecule has 1 aromatic heterocycles. The SMILES string of the molecule is CN1C(=O)C2(CCN(C(=O)c3cccc(Nc4ncccn4)c3)CC2)CC1Cc1ccc(F)cc1. The first-order valence-corrected chi connectivity index (χ1v) is 11.9. The number of nitrogens with one attached hydrogen (secondary N) is 1. The van der Waals surface area contributed by atoms with Crippen LogP contribution in [0.1, 0.15) is 35.2 Å². The molecule has 0 bridgehead atoms. The Labute approximate surface area is 204 Å². The molecule has 1 spiro atoms. The van der Waals surface area contributed by atoms with Gasteiger partial charge in [-0.1, -0.05) is 18.2 Å². The number of carbonyl (C=O) groups is 2. The van der Waals surface area contributed by atoms with Crippen LogP contribution in [0.25, 0.3) is 0 Å². The zero-order valence-electron chi connectivity index (χ0n) is 19.7. The summed E-state index contributed by atoms with van der Waals surface area (Å²) in [5.41, 5.74) is 1.93. The molecule has 0 radical (unpaired) electrons. The second-order valence-electron chi connectivity index (χ2n) is 9.46. The first kappa shape index (κ1) is 23.0. The van der Waals surface area contributed by atoms with Crippen LogP contribution in [0.4, 0.5) is 16.0 Å². The molecule has 35 heavy (non-hydrogen) atoms. The van der Waals surface area contributed by atoms with Crippen molar-refractivity contribution in [2.24, 2.45) is 5.41 Å². The fourth-order valence-electron chi connectivity index (χ4n) is 5.28. The van der Waals surface area contributed by atoms with Gasteiger partial charge in [-0.05, 0) is 67.6 Å². The number of rotatable bonds is 5. The fraction of sp³-hybridized carbons (Fsp3) is 0.333.